The highest BCUT2D eigenvalue weighted by Crippen LogP contribution is 2.41. The zero-order valence-corrected chi connectivity index (χ0v) is 17.4. The van der Waals surface area contributed by atoms with Crippen LogP contribution in [0.2, 0.25) is 0 Å². The van der Waals surface area contributed by atoms with Crippen molar-refractivity contribution in [1.82, 2.24) is 19.7 Å². The zero-order valence-electron chi connectivity index (χ0n) is 15.8. The highest BCUT2D eigenvalue weighted by atomic mass is 32.2. The molecule has 1 aliphatic rings. The van der Waals surface area contributed by atoms with Crippen LogP contribution in [0.15, 0.2) is 5.16 Å². The SMILES string of the molecule is CCOC(=O)c1sc(NC(=O)CSc2nnc(C3CC3)n2C(C)C)nc1C. The lowest BCUT2D eigenvalue weighted by molar-refractivity contribution is -0.113. The molecule has 1 aliphatic carbocycles. The van der Waals surface area contributed by atoms with Crippen LogP contribution in [0, 0.1) is 6.92 Å². The van der Waals surface area contributed by atoms with Gasteiger partial charge in [0, 0.05) is 12.0 Å². The van der Waals surface area contributed by atoms with Crippen molar-refractivity contribution in [3.8, 4) is 0 Å². The van der Waals surface area contributed by atoms with Gasteiger partial charge in [-0.25, -0.2) is 9.78 Å². The van der Waals surface area contributed by atoms with Crippen LogP contribution in [0.1, 0.15) is 66.8 Å². The number of hydrogen-bond donors (Lipinski definition) is 1. The number of aromatic nitrogens is 4. The van der Waals surface area contributed by atoms with Crippen LogP contribution in [-0.2, 0) is 9.53 Å². The summed E-state index contributed by atoms with van der Waals surface area (Å²) in [6.07, 6.45) is 2.31. The monoisotopic (exact) mass is 409 g/mol. The fraction of sp³-hybridized carbons (Fsp3) is 0.588. The second-order valence-corrected chi connectivity index (χ2v) is 8.51. The number of amides is 1. The van der Waals surface area contributed by atoms with Crippen molar-refractivity contribution in [2.75, 3.05) is 17.7 Å². The first-order valence-electron chi connectivity index (χ1n) is 8.92. The molecule has 0 radical (unpaired) electrons. The Labute approximate surface area is 166 Å². The average molecular weight is 410 g/mol. The predicted molar refractivity (Wildman–Crippen MR) is 105 cm³/mol. The van der Waals surface area contributed by atoms with Gasteiger partial charge in [0.25, 0.3) is 0 Å². The number of nitrogens with one attached hydrogen (secondary N) is 1. The summed E-state index contributed by atoms with van der Waals surface area (Å²) in [7, 11) is 0. The molecule has 3 rings (SSSR count). The molecule has 2 aromatic heterocycles. The number of esters is 1. The Morgan fingerprint density at radius 3 is 2.74 bits per heavy atom. The Balaban J connectivity index is 1.61. The van der Waals surface area contributed by atoms with Gasteiger partial charge in [-0.2, -0.15) is 0 Å². The number of aryl methyl sites for hydroxylation is 1. The number of nitrogens with zero attached hydrogens (tertiary/aromatic N) is 4. The van der Waals surface area contributed by atoms with E-state index in [2.05, 4.69) is 38.9 Å². The maximum Gasteiger partial charge on any atom is 0.350 e. The van der Waals surface area contributed by atoms with E-state index in [0.29, 0.717) is 28.2 Å². The summed E-state index contributed by atoms with van der Waals surface area (Å²) in [6, 6.07) is 0.245. The van der Waals surface area contributed by atoms with E-state index in [1.807, 2.05) is 0 Å². The highest BCUT2D eigenvalue weighted by molar-refractivity contribution is 7.99. The molecule has 0 saturated heterocycles. The van der Waals surface area contributed by atoms with Gasteiger partial charge in [-0.3, -0.25) is 4.79 Å². The van der Waals surface area contributed by atoms with E-state index in [1.54, 1.807) is 13.8 Å². The molecule has 1 N–H and O–H groups in total. The van der Waals surface area contributed by atoms with Crippen molar-refractivity contribution >= 4 is 40.1 Å². The Morgan fingerprint density at radius 2 is 2.11 bits per heavy atom. The lowest BCUT2D eigenvalue weighted by Gasteiger charge is -2.13. The first kappa shape index (κ1) is 19.8. The summed E-state index contributed by atoms with van der Waals surface area (Å²) in [6.45, 7) is 7.95. The van der Waals surface area contributed by atoms with Crippen LogP contribution >= 0.6 is 23.1 Å². The average Bonchev–Trinajstić information content (AvgIpc) is 3.25. The summed E-state index contributed by atoms with van der Waals surface area (Å²) in [5.74, 6) is 1.10. The molecule has 0 atom stereocenters. The van der Waals surface area contributed by atoms with Crippen molar-refractivity contribution in [2.24, 2.45) is 0 Å². The lowest BCUT2D eigenvalue weighted by atomic mass is 10.3. The molecule has 2 aromatic rings. The van der Waals surface area contributed by atoms with Crippen molar-refractivity contribution in [3.63, 3.8) is 0 Å². The lowest BCUT2D eigenvalue weighted by Crippen LogP contribution is -2.15. The molecular weight excluding hydrogens is 386 g/mol. The Bertz CT molecular complexity index is 842. The number of carbonyl (C=O) groups excluding carboxylic acids is 2. The highest BCUT2D eigenvalue weighted by Gasteiger charge is 2.31. The molecule has 1 fully saturated rings. The van der Waals surface area contributed by atoms with E-state index in [4.69, 9.17) is 4.74 Å². The van der Waals surface area contributed by atoms with Gasteiger partial charge < -0.3 is 14.6 Å². The quantitative estimate of drug-likeness (QED) is 0.527. The molecule has 0 bridgehead atoms. The summed E-state index contributed by atoms with van der Waals surface area (Å²) in [4.78, 5) is 28.8. The van der Waals surface area contributed by atoms with Crippen LogP contribution in [0.4, 0.5) is 5.13 Å². The number of ether oxygens (including phenoxy) is 1. The number of hydrogen-bond acceptors (Lipinski definition) is 8. The molecule has 8 nitrogen and oxygen atoms in total. The third-order valence-corrected chi connectivity index (χ3v) is 5.98. The fourth-order valence-electron chi connectivity index (χ4n) is 2.61. The van der Waals surface area contributed by atoms with Gasteiger partial charge in [0.05, 0.1) is 18.1 Å². The molecule has 146 valence electrons. The van der Waals surface area contributed by atoms with Crippen molar-refractivity contribution in [3.05, 3.63) is 16.4 Å². The maximum absolute atomic E-state index is 12.3. The van der Waals surface area contributed by atoms with Gasteiger partial charge in [0.15, 0.2) is 10.3 Å². The zero-order chi connectivity index (χ0) is 19.6. The topological polar surface area (TPSA) is 99.0 Å². The number of thiazole rings is 1. The third kappa shape index (κ3) is 4.67. The van der Waals surface area contributed by atoms with Gasteiger partial charge in [0.2, 0.25) is 5.91 Å². The van der Waals surface area contributed by atoms with Gasteiger partial charge in [-0.15, -0.1) is 10.2 Å². The van der Waals surface area contributed by atoms with Gasteiger partial charge >= 0.3 is 5.97 Å². The predicted octanol–water partition coefficient (Wildman–Crippen LogP) is 3.41. The molecule has 1 amide bonds. The van der Waals surface area contributed by atoms with Crippen molar-refractivity contribution in [2.45, 2.75) is 57.7 Å². The normalized spacial score (nSPS) is 13.8. The van der Waals surface area contributed by atoms with Crippen LogP contribution in [0.3, 0.4) is 0 Å². The fourth-order valence-corrected chi connectivity index (χ4v) is 4.36. The summed E-state index contributed by atoms with van der Waals surface area (Å²) >= 11 is 2.48. The minimum Gasteiger partial charge on any atom is -0.462 e. The minimum atomic E-state index is -0.417. The number of anilines is 1. The van der Waals surface area contributed by atoms with Crippen LogP contribution in [-0.4, -0.2) is 44.0 Å². The molecular formula is C17H23N5O3S2. The van der Waals surface area contributed by atoms with Crippen LogP contribution < -0.4 is 5.32 Å². The largest absolute Gasteiger partial charge is 0.462 e. The van der Waals surface area contributed by atoms with Gasteiger partial charge in [0.1, 0.15) is 10.7 Å². The molecule has 0 unspecified atom stereocenters. The molecule has 0 spiro atoms. The van der Waals surface area contributed by atoms with Gasteiger partial charge in [-0.05, 0) is 40.5 Å². The molecule has 1 saturated carbocycles. The Kier molecular flexibility index (Phi) is 6.15. The molecule has 0 aromatic carbocycles. The minimum absolute atomic E-state index is 0.197. The molecule has 10 heteroatoms. The summed E-state index contributed by atoms with van der Waals surface area (Å²) < 4.78 is 7.10. The molecule has 27 heavy (non-hydrogen) atoms. The van der Waals surface area contributed by atoms with E-state index < -0.39 is 5.97 Å². The Morgan fingerprint density at radius 1 is 1.37 bits per heavy atom. The third-order valence-electron chi connectivity index (χ3n) is 3.99. The maximum atomic E-state index is 12.3. The van der Waals surface area contributed by atoms with Crippen LogP contribution in [0.5, 0.6) is 0 Å². The van der Waals surface area contributed by atoms with Gasteiger partial charge in [-0.1, -0.05) is 23.1 Å². The van der Waals surface area contributed by atoms with Crippen molar-refractivity contribution < 1.29 is 14.3 Å². The molecule has 2 heterocycles. The van der Waals surface area contributed by atoms with E-state index in [9.17, 15) is 9.59 Å². The standard InChI is InChI=1S/C17H23N5O3S2/c1-5-25-15(24)13-10(4)18-16(27-13)19-12(23)8-26-17-21-20-14(11-6-7-11)22(17)9(2)3/h9,11H,5-8H2,1-4H3,(H,18,19,23). The van der Waals surface area contributed by atoms with E-state index >= 15 is 0 Å². The summed E-state index contributed by atoms with van der Waals surface area (Å²) in [5, 5.41) is 12.5. The second kappa shape index (κ2) is 8.39. The smallest absolute Gasteiger partial charge is 0.350 e. The summed E-state index contributed by atoms with van der Waals surface area (Å²) in [5.41, 5.74) is 0.551. The van der Waals surface area contributed by atoms with E-state index in [-0.39, 0.29) is 17.7 Å². The Hall–Kier alpha value is -1.94. The first-order chi connectivity index (χ1) is 12.9. The number of thioether (sulfide) groups is 1. The molecule has 0 aliphatic heterocycles. The number of rotatable bonds is 8. The second-order valence-electron chi connectivity index (χ2n) is 6.57. The van der Waals surface area contributed by atoms with E-state index in [1.165, 1.54) is 11.8 Å². The van der Waals surface area contributed by atoms with E-state index in [0.717, 1.165) is 35.2 Å². The van der Waals surface area contributed by atoms with Crippen LogP contribution in [0.25, 0.3) is 0 Å². The van der Waals surface area contributed by atoms with Crippen molar-refractivity contribution in [1.29, 1.82) is 0 Å². The number of carbonyl (C=O) groups is 2. The first-order valence-corrected chi connectivity index (χ1v) is 10.7.